The van der Waals surface area contributed by atoms with Crippen molar-refractivity contribution in [3.8, 4) is 0 Å². The zero-order valence-electron chi connectivity index (χ0n) is 10.5. The van der Waals surface area contributed by atoms with Gasteiger partial charge in [-0.1, -0.05) is 60.7 Å². The van der Waals surface area contributed by atoms with Gasteiger partial charge in [0.25, 0.3) is 0 Å². The molecular weight excluding hydrogens is 260 g/mol. The zero-order valence-corrected chi connectivity index (χ0v) is 10.5. The Morgan fingerprint density at radius 1 is 0.650 bits per heavy atom. The Labute approximate surface area is 116 Å². The minimum atomic E-state index is -1.24. The fourth-order valence-corrected chi connectivity index (χ4v) is 2.16. The van der Waals surface area contributed by atoms with E-state index in [1.54, 1.807) is 60.7 Å². The van der Waals surface area contributed by atoms with Crippen LogP contribution in [-0.2, 0) is 0 Å². The van der Waals surface area contributed by atoms with Crippen molar-refractivity contribution in [2.75, 3.05) is 0 Å². The molecule has 2 unspecified atom stereocenters. The molecule has 0 saturated heterocycles. The van der Waals surface area contributed by atoms with Crippen molar-refractivity contribution in [1.82, 2.24) is 10.5 Å². The molecule has 0 aliphatic heterocycles. The molecule has 0 aliphatic rings. The summed E-state index contributed by atoms with van der Waals surface area (Å²) in [7, 11) is 0. The summed E-state index contributed by atoms with van der Waals surface area (Å²) in [4.78, 5) is 0. The molecule has 2 aromatic carbocycles. The van der Waals surface area contributed by atoms with Gasteiger partial charge in [0.2, 0.25) is 0 Å². The standard InChI is InChI=1S/C14H14N2O4/c17-15(18)13(11-7-3-1-4-8-11)14(16(19)20)12-9-5-2-6-10-12/h1-10,13-14,17,19H/q-2. The highest BCUT2D eigenvalue weighted by atomic mass is 16.8. The molecule has 2 rings (SSSR count). The van der Waals surface area contributed by atoms with E-state index < -0.39 is 12.1 Å². The summed E-state index contributed by atoms with van der Waals surface area (Å²) in [6.45, 7) is 0. The number of nitrogens with zero attached hydrogens (tertiary/aromatic N) is 2. The normalized spacial score (nSPS) is 14.5. The van der Waals surface area contributed by atoms with E-state index in [9.17, 15) is 20.8 Å². The van der Waals surface area contributed by atoms with Gasteiger partial charge in [-0.3, -0.25) is 10.5 Å². The molecule has 106 valence electrons. The first-order valence-electron chi connectivity index (χ1n) is 6.01. The second kappa shape index (κ2) is 6.58. The lowest BCUT2D eigenvalue weighted by atomic mass is 9.94. The van der Waals surface area contributed by atoms with Crippen molar-refractivity contribution in [3.05, 3.63) is 82.2 Å². The van der Waals surface area contributed by atoms with E-state index in [0.717, 1.165) is 0 Å². The number of hydroxylamine groups is 4. The molecule has 0 aromatic heterocycles. The van der Waals surface area contributed by atoms with E-state index in [4.69, 9.17) is 0 Å². The molecule has 0 aliphatic carbocycles. The van der Waals surface area contributed by atoms with Gasteiger partial charge in [0.15, 0.2) is 0 Å². The maximum Gasteiger partial charge on any atom is 0.0675 e. The largest absolute Gasteiger partial charge is 0.762 e. The Balaban J connectivity index is 2.44. The van der Waals surface area contributed by atoms with Gasteiger partial charge in [-0.2, -0.15) is 0 Å². The Bertz CT molecular complexity index is 470. The molecule has 2 atom stereocenters. The summed E-state index contributed by atoms with van der Waals surface area (Å²) >= 11 is 0. The van der Waals surface area contributed by atoms with Gasteiger partial charge in [0, 0.05) is 0 Å². The monoisotopic (exact) mass is 274 g/mol. The minimum Gasteiger partial charge on any atom is -0.762 e. The molecule has 6 nitrogen and oxygen atoms in total. The van der Waals surface area contributed by atoms with Crippen LogP contribution < -0.4 is 0 Å². The predicted octanol–water partition coefficient (Wildman–Crippen LogP) is 2.85. The fourth-order valence-electron chi connectivity index (χ4n) is 2.16. The number of benzene rings is 2. The lowest BCUT2D eigenvalue weighted by Crippen LogP contribution is -2.33. The van der Waals surface area contributed by atoms with Gasteiger partial charge in [-0.05, 0) is 11.1 Å². The lowest BCUT2D eigenvalue weighted by Gasteiger charge is -2.42. The smallest absolute Gasteiger partial charge is 0.0675 e. The first-order chi connectivity index (χ1) is 9.61. The van der Waals surface area contributed by atoms with Crippen LogP contribution in [-0.4, -0.2) is 20.9 Å². The molecular formula is C14H14N2O4-2. The second-order valence-electron chi connectivity index (χ2n) is 4.32. The third kappa shape index (κ3) is 3.20. The average Bonchev–Trinajstić information content (AvgIpc) is 2.45. The Kier molecular flexibility index (Phi) is 4.80. The highest BCUT2D eigenvalue weighted by Crippen LogP contribution is 2.36. The van der Waals surface area contributed by atoms with Crippen LogP contribution in [0.1, 0.15) is 23.2 Å². The van der Waals surface area contributed by atoms with Crippen LogP contribution in [0.2, 0.25) is 0 Å². The molecule has 0 amide bonds. The quantitative estimate of drug-likeness (QED) is 0.814. The topological polar surface area (TPSA) is 93.1 Å². The Morgan fingerprint density at radius 2 is 0.950 bits per heavy atom. The molecule has 0 fully saturated rings. The minimum absolute atomic E-state index is 0.311. The summed E-state index contributed by atoms with van der Waals surface area (Å²) < 4.78 is 0. The van der Waals surface area contributed by atoms with Gasteiger partial charge in [-0.15, -0.1) is 0 Å². The van der Waals surface area contributed by atoms with Crippen molar-refractivity contribution in [2.24, 2.45) is 0 Å². The van der Waals surface area contributed by atoms with Gasteiger partial charge >= 0.3 is 0 Å². The third-order valence-electron chi connectivity index (χ3n) is 3.06. The molecule has 6 heteroatoms. The fraction of sp³-hybridized carbons (Fsp3) is 0.143. The van der Waals surface area contributed by atoms with Crippen LogP contribution in [0.5, 0.6) is 0 Å². The molecule has 2 N–H and O–H groups in total. The summed E-state index contributed by atoms with van der Waals surface area (Å²) in [6, 6.07) is 14.2. The zero-order chi connectivity index (χ0) is 14.5. The maximum absolute atomic E-state index is 11.5. The highest BCUT2D eigenvalue weighted by molar-refractivity contribution is 5.27. The van der Waals surface area contributed by atoms with Crippen LogP contribution in [0.15, 0.2) is 60.7 Å². The third-order valence-corrected chi connectivity index (χ3v) is 3.06. The van der Waals surface area contributed by atoms with Gasteiger partial charge in [0.05, 0.1) is 12.1 Å². The van der Waals surface area contributed by atoms with E-state index in [1.807, 2.05) is 0 Å². The molecule has 0 bridgehead atoms. The maximum atomic E-state index is 11.5. The van der Waals surface area contributed by atoms with E-state index >= 15 is 0 Å². The van der Waals surface area contributed by atoms with Crippen LogP contribution in [0, 0.1) is 10.4 Å². The van der Waals surface area contributed by atoms with E-state index in [-0.39, 0.29) is 10.5 Å². The van der Waals surface area contributed by atoms with Gasteiger partial charge < -0.3 is 20.8 Å². The van der Waals surface area contributed by atoms with E-state index in [2.05, 4.69) is 0 Å². The van der Waals surface area contributed by atoms with Gasteiger partial charge in [0.1, 0.15) is 0 Å². The van der Waals surface area contributed by atoms with Crippen molar-refractivity contribution in [1.29, 1.82) is 0 Å². The molecule has 0 spiro atoms. The number of rotatable bonds is 5. The summed E-state index contributed by atoms with van der Waals surface area (Å²) in [5.41, 5.74) is 0.850. The molecule has 20 heavy (non-hydrogen) atoms. The first-order valence-corrected chi connectivity index (χ1v) is 6.01. The molecule has 0 radical (unpaired) electrons. The Hall–Kier alpha value is -1.80. The highest BCUT2D eigenvalue weighted by Gasteiger charge is 2.26. The van der Waals surface area contributed by atoms with E-state index in [0.29, 0.717) is 11.1 Å². The summed E-state index contributed by atoms with van der Waals surface area (Å²) in [5, 5.41) is 41.0. The SMILES string of the molecule is [O-]N(O)C(c1ccccc1)C(c1ccccc1)N([O-])O. The van der Waals surface area contributed by atoms with Crippen LogP contribution >= 0.6 is 0 Å². The van der Waals surface area contributed by atoms with Crippen molar-refractivity contribution in [3.63, 3.8) is 0 Å². The molecule has 2 aromatic rings. The summed E-state index contributed by atoms with van der Waals surface area (Å²) in [5.74, 6) is 0. The van der Waals surface area contributed by atoms with E-state index in [1.165, 1.54) is 0 Å². The number of hydrogen-bond acceptors (Lipinski definition) is 6. The van der Waals surface area contributed by atoms with Crippen molar-refractivity contribution < 1.29 is 10.4 Å². The lowest BCUT2D eigenvalue weighted by molar-refractivity contribution is -0.158. The van der Waals surface area contributed by atoms with Crippen LogP contribution in [0.25, 0.3) is 0 Å². The Morgan fingerprint density at radius 3 is 1.20 bits per heavy atom. The number of hydrogen-bond donors (Lipinski definition) is 2. The second-order valence-corrected chi connectivity index (χ2v) is 4.32. The predicted molar refractivity (Wildman–Crippen MR) is 72.4 cm³/mol. The summed E-state index contributed by atoms with van der Waals surface area (Å²) in [6.07, 6.45) is 0. The average molecular weight is 274 g/mol. The van der Waals surface area contributed by atoms with Crippen molar-refractivity contribution >= 4 is 0 Å². The molecule has 0 heterocycles. The van der Waals surface area contributed by atoms with Crippen LogP contribution in [0.4, 0.5) is 0 Å². The first kappa shape index (κ1) is 14.6. The van der Waals surface area contributed by atoms with Crippen molar-refractivity contribution in [2.45, 2.75) is 12.1 Å². The van der Waals surface area contributed by atoms with Crippen LogP contribution in [0.3, 0.4) is 0 Å². The van der Waals surface area contributed by atoms with Gasteiger partial charge in [-0.25, -0.2) is 0 Å². The molecule has 0 saturated carbocycles.